The Hall–Kier alpha value is -0.860. The third-order valence-corrected chi connectivity index (χ3v) is 3.81. The minimum Gasteiger partial charge on any atom is -0.395 e. The van der Waals surface area contributed by atoms with E-state index in [4.69, 9.17) is 0 Å². The standard InChI is InChI=1S/C15H23NO/c1-2-6-14-9-10-15(12-17)16(14)11-13-7-4-3-5-8-13/h3-5,7-8,14-15,17H,2,6,9-12H2,1H3/t14-,15-/m0/s1. The van der Waals surface area contributed by atoms with Crippen molar-refractivity contribution in [1.29, 1.82) is 0 Å². The van der Waals surface area contributed by atoms with Crippen molar-refractivity contribution in [3.05, 3.63) is 35.9 Å². The summed E-state index contributed by atoms with van der Waals surface area (Å²) in [6.07, 6.45) is 4.87. The monoisotopic (exact) mass is 233 g/mol. The minimum absolute atomic E-state index is 0.299. The fourth-order valence-corrected chi connectivity index (χ4v) is 2.91. The van der Waals surface area contributed by atoms with Gasteiger partial charge in [-0.05, 0) is 24.8 Å². The smallest absolute Gasteiger partial charge is 0.0587 e. The number of hydrogen-bond donors (Lipinski definition) is 1. The Kier molecular flexibility index (Phi) is 4.57. The number of rotatable bonds is 5. The maximum atomic E-state index is 9.46. The van der Waals surface area contributed by atoms with Crippen LogP contribution in [-0.4, -0.2) is 28.7 Å². The maximum absolute atomic E-state index is 9.46. The molecule has 2 rings (SSSR count). The zero-order chi connectivity index (χ0) is 12.1. The SMILES string of the molecule is CCC[C@H]1CC[C@@H](CO)N1Cc1ccccc1. The van der Waals surface area contributed by atoms with Gasteiger partial charge in [-0.3, -0.25) is 4.90 Å². The van der Waals surface area contributed by atoms with E-state index in [1.807, 2.05) is 0 Å². The van der Waals surface area contributed by atoms with Crippen molar-refractivity contribution in [1.82, 2.24) is 4.90 Å². The van der Waals surface area contributed by atoms with Crippen molar-refractivity contribution in [3.63, 3.8) is 0 Å². The second-order valence-electron chi connectivity index (χ2n) is 5.01. The largest absolute Gasteiger partial charge is 0.395 e. The number of benzene rings is 1. The van der Waals surface area contributed by atoms with Gasteiger partial charge in [0, 0.05) is 18.6 Å². The number of hydrogen-bond acceptors (Lipinski definition) is 2. The van der Waals surface area contributed by atoms with Crippen LogP contribution in [0.25, 0.3) is 0 Å². The Morgan fingerprint density at radius 1 is 1.18 bits per heavy atom. The van der Waals surface area contributed by atoms with E-state index in [1.54, 1.807) is 0 Å². The molecular formula is C15H23NO. The third-order valence-electron chi connectivity index (χ3n) is 3.81. The van der Waals surface area contributed by atoms with Crippen LogP contribution >= 0.6 is 0 Å². The van der Waals surface area contributed by atoms with Gasteiger partial charge in [0.25, 0.3) is 0 Å². The highest BCUT2D eigenvalue weighted by atomic mass is 16.3. The summed E-state index contributed by atoms with van der Waals surface area (Å²) in [6.45, 7) is 3.52. The van der Waals surface area contributed by atoms with Crippen molar-refractivity contribution in [2.45, 2.75) is 51.2 Å². The van der Waals surface area contributed by atoms with Gasteiger partial charge in [0.05, 0.1) is 6.61 Å². The zero-order valence-corrected chi connectivity index (χ0v) is 10.7. The molecule has 2 nitrogen and oxygen atoms in total. The quantitative estimate of drug-likeness (QED) is 0.845. The first kappa shape index (κ1) is 12.6. The summed E-state index contributed by atoms with van der Waals surface area (Å²) in [5.74, 6) is 0. The van der Waals surface area contributed by atoms with Crippen LogP contribution in [-0.2, 0) is 6.54 Å². The van der Waals surface area contributed by atoms with Gasteiger partial charge in [0.15, 0.2) is 0 Å². The predicted molar refractivity (Wildman–Crippen MR) is 70.8 cm³/mol. The summed E-state index contributed by atoms with van der Waals surface area (Å²) in [7, 11) is 0. The van der Waals surface area contributed by atoms with Crippen LogP contribution in [0.4, 0.5) is 0 Å². The molecule has 0 spiro atoms. The summed E-state index contributed by atoms with van der Waals surface area (Å²) >= 11 is 0. The van der Waals surface area contributed by atoms with Gasteiger partial charge in [-0.2, -0.15) is 0 Å². The summed E-state index contributed by atoms with van der Waals surface area (Å²) in [4.78, 5) is 2.50. The van der Waals surface area contributed by atoms with Gasteiger partial charge in [0.2, 0.25) is 0 Å². The van der Waals surface area contributed by atoms with Crippen LogP contribution in [0, 0.1) is 0 Å². The average molecular weight is 233 g/mol. The maximum Gasteiger partial charge on any atom is 0.0587 e. The van der Waals surface area contributed by atoms with Crippen LogP contribution in [0.3, 0.4) is 0 Å². The highest BCUT2D eigenvalue weighted by molar-refractivity contribution is 5.15. The molecule has 0 amide bonds. The van der Waals surface area contributed by atoms with E-state index in [2.05, 4.69) is 42.2 Å². The molecule has 0 bridgehead atoms. The third kappa shape index (κ3) is 3.08. The second kappa shape index (κ2) is 6.18. The lowest BCUT2D eigenvalue weighted by atomic mass is 10.1. The molecule has 0 saturated carbocycles. The zero-order valence-electron chi connectivity index (χ0n) is 10.7. The Morgan fingerprint density at radius 3 is 2.53 bits per heavy atom. The van der Waals surface area contributed by atoms with Crippen LogP contribution < -0.4 is 0 Å². The highest BCUT2D eigenvalue weighted by Crippen LogP contribution is 2.28. The Balaban J connectivity index is 2.04. The molecule has 0 aliphatic carbocycles. The van der Waals surface area contributed by atoms with Gasteiger partial charge in [-0.1, -0.05) is 43.7 Å². The Morgan fingerprint density at radius 2 is 1.88 bits per heavy atom. The molecule has 94 valence electrons. The molecule has 0 radical (unpaired) electrons. The first-order valence-electron chi connectivity index (χ1n) is 6.75. The number of aliphatic hydroxyl groups excluding tert-OH is 1. The van der Waals surface area contributed by atoms with Gasteiger partial charge >= 0.3 is 0 Å². The molecule has 1 N–H and O–H groups in total. The molecule has 1 saturated heterocycles. The van der Waals surface area contributed by atoms with Crippen molar-refractivity contribution in [2.24, 2.45) is 0 Å². The van der Waals surface area contributed by atoms with Crippen molar-refractivity contribution in [3.8, 4) is 0 Å². The molecule has 17 heavy (non-hydrogen) atoms. The molecule has 0 unspecified atom stereocenters. The van der Waals surface area contributed by atoms with E-state index in [1.165, 1.54) is 24.8 Å². The molecule has 1 aliphatic heterocycles. The molecule has 0 aromatic heterocycles. The molecule has 2 atom stereocenters. The molecule has 1 aromatic carbocycles. The topological polar surface area (TPSA) is 23.5 Å². The van der Waals surface area contributed by atoms with Crippen molar-refractivity contribution in [2.75, 3.05) is 6.61 Å². The van der Waals surface area contributed by atoms with Crippen LogP contribution in [0.2, 0.25) is 0 Å². The predicted octanol–water partition coefficient (Wildman–Crippen LogP) is 2.81. The first-order chi connectivity index (χ1) is 8.35. The number of aliphatic hydroxyl groups is 1. The van der Waals surface area contributed by atoms with Crippen LogP contribution in [0.5, 0.6) is 0 Å². The van der Waals surface area contributed by atoms with E-state index < -0.39 is 0 Å². The van der Waals surface area contributed by atoms with E-state index in [9.17, 15) is 5.11 Å². The van der Waals surface area contributed by atoms with Gasteiger partial charge in [-0.25, -0.2) is 0 Å². The lowest BCUT2D eigenvalue weighted by Gasteiger charge is -2.29. The highest BCUT2D eigenvalue weighted by Gasteiger charge is 2.31. The van der Waals surface area contributed by atoms with E-state index in [-0.39, 0.29) is 0 Å². The summed E-state index contributed by atoms with van der Waals surface area (Å²) in [6, 6.07) is 11.6. The van der Waals surface area contributed by atoms with Crippen LogP contribution in [0.1, 0.15) is 38.2 Å². The molecule has 1 aliphatic rings. The van der Waals surface area contributed by atoms with Gasteiger partial charge in [0.1, 0.15) is 0 Å². The van der Waals surface area contributed by atoms with Gasteiger partial charge in [-0.15, -0.1) is 0 Å². The van der Waals surface area contributed by atoms with Crippen molar-refractivity contribution >= 4 is 0 Å². The fourth-order valence-electron chi connectivity index (χ4n) is 2.91. The van der Waals surface area contributed by atoms with E-state index in [0.29, 0.717) is 18.7 Å². The Labute approximate surface area is 104 Å². The normalized spacial score (nSPS) is 25.3. The molecule has 1 aromatic rings. The minimum atomic E-state index is 0.299. The summed E-state index contributed by atoms with van der Waals surface area (Å²) in [5.41, 5.74) is 1.36. The average Bonchev–Trinajstić information content (AvgIpc) is 2.74. The fraction of sp³-hybridized carbons (Fsp3) is 0.600. The van der Waals surface area contributed by atoms with Crippen LogP contribution in [0.15, 0.2) is 30.3 Å². The van der Waals surface area contributed by atoms with Gasteiger partial charge < -0.3 is 5.11 Å². The Bertz CT molecular complexity index is 325. The molecule has 1 heterocycles. The van der Waals surface area contributed by atoms with E-state index >= 15 is 0 Å². The molecule has 1 fully saturated rings. The first-order valence-corrected chi connectivity index (χ1v) is 6.75. The number of nitrogens with zero attached hydrogens (tertiary/aromatic N) is 1. The molecule has 2 heteroatoms. The lowest BCUT2D eigenvalue weighted by molar-refractivity contribution is 0.118. The molecular weight excluding hydrogens is 210 g/mol. The lowest BCUT2D eigenvalue weighted by Crippen LogP contribution is -2.37. The summed E-state index contributed by atoms with van der Waals surface area (Å²) in [5, 5.41) is 9.46. The second-order valence-corrected chi connectivity index (χ2v) is 5.01. The van der Waals surface area contributed by atoms with E-state index in [0.717, 1.165) is 13.0 Å². The van der Waals surface area contributed by atoms with Crippen molar-refractivity contribution < 1.29 is 5.11 Å². The summed E-state index contributed by atoms with van der Waals surface area (Å²) < 4.78 is 0. The number of likely N-dealkylation sites (tertiary alicyclic amines) is 1.